The van der Waals surface area contributed by atoms with Crippen molar-refractivity contribution < 1.29 is 9.53 Å². The molecule has 0 aliphatic carbocycles. The van der Waals surface area contributed by atoms with Crippen LogP contribution in [-0.2, 0) is 11.3 Å². The summed E-state index contributed by atoms with van der Waals surface area (Å²) >= 11 is 0. The van der Waals surface area contributed by atoms with Crippen molar-refractivity contribution in [2.24, 2.45) is 5.92 Å². The Morgan fingerprint density at radius 3 is 2.83 bits per heavy atom. The van der Waals surface area contributed by atoms with Crippen LogP contribution in [0.4, 0.5) is 4.79 Å². The van der Waals surface area contributed by atoms with E-state index in [0.29, 0.717) is 5.92 Å². The molecule has 1 aliphatic rings. The lowest BCUT2D eigenvalue weighted by molar-refractivity contribution is 0.0274. The van der Waals surface area contributed by atoms with Gasteiger partial charge in [0.05, 0.1) is 0 Å². The molecular formula is C18H29N3O2. The van der Waals surface area contributed by atoms with Gasteiger partial charge in [0.1, 0.15) is 5.60 Å². The molecule has 23 heavy (non-hydrogen) atoms. The SMILES string of the molecule is Cc1cncc(CN2CC[C@H](CN(C)C(=O)OC(C)(C)C)C2)c1. The fraction of sp³-hybridized carbons (Fsp3) is 0.667. The molecule has 2 rings (SSSR count). The van der Waals surface area contributed by atoms with Crippen LogP contribution in [0.25, 0.3) is 0 Å². The third-order valence-electron chi connectivity index (χ3n) is 3.94. The number of hydrogen-bond acceptors (Lipinski definition) is 4. The van der Waals surface area contributed by atoms with E-state index in [9.17, 15) is 4.79 Å². The van der Waals surface area contributed by atoms with E-state index in [0.717, 1.165) is 32.6 Å². The van der Waals surface area contributed by atoms with Gasteiger partial charge in [-0.2, -0.15) is 0 Å². The van der Waals surface area contributed by atoms with Crippen LogP contribution in [0, 0.1) is 12.8 Å². The molecule has 1 aromatic heterocycles. The number of amides is 1. The zero-order valence-corrected chi connectivity index (χ0v) is 15.0. The Labute approximate surface area is 139 Å². The van der Waals surface area contributed by atoms with Gasteiger partial charge in [-0.1, -0.05) is 6.07 Å². The molecule has 1 saturated heterocycles. The minimum Gasteiger partial charge on any atom is -0.444 e. The molecule has 1 aliphatic heterocycles. The quantitative estimate of drug-likeness (QED) is 0.855. The number of aromatic nitrogens is 1. The number of hydrogen-bond donors (Lipinski definition) is 0. The average molecular weight is 319 g/mol. The summed E-state index contributed by atoms with van der Waals surface area (Å²) in [6, 6.07) is 2.19. The number of likely N-dealkylation sites (tertiary alicyclic amines) is 1. The Morgan fingerprint density at radius 2 is 2.17 bits per heavy atom. The molecule has 1 atom stereocenters. The number of carbonyl (C=O) groups is 1. The topological polar surface area (TPSA) is 45.7 Å². The van der Waals surface area contributed by atoms with E-state index in [1.165, 1.54) is 11.1 Å². The van der Waals surface area contributed by atoms with Gasteiger partial charge in [-0.15, -0.1) is 0 Å². The minimum atomic E-state index is -0.439. The third kappa shape index (κ3) is 5.82. The highest BCUT2D eigenvalue weighted by molar-refractivity contribution is 5.67. The van der Waals surface area contributed by atoms with Crippen molar-refractivity contribution in [3.05, 3.63) is 29.6 Å². The zero-order valence-electron chi connectivity index (χ0n) is 15.0. The van der Waals surface area contributed by atoms with Crippen LogP contribution in [0.3, 0.4) is 0 Å². The zero-order chi connectivity index (χ0) is 17.0. The fourth-order valence-corrected chi connectivity index (χ4v) is 2.97. The number of nitrogens with zero attached hydrogens (tertiary/aromatic N) is 3. The lowest BCUT2D eigenvalue weighted by atomic mass is 10.1. The van der Waals surface area contributed by atoms with Crippen LogP contribution in [0.5, 0.6) is 0 Å². The summed E-state index contributed by atoms with van der Waals surface area (Å²) < 4.78 is 5.41. The molecule has 1 aromatic rings. The van der Waals surface area contributed by atoms with Crippen LogP contribution in [-0.4, -0.2) is 53.2 Å². The lowest BCUT2D eigenvalue weighted by Crippen LogP contribution is -2.37. The number of pyridine rings is 1. The standard InChI is InChI=1S/C18H29N3O2/c1-14-8-16(10-19-9-14)13-21-7-6-15(12-21)11-20(5)17(22)23-18(2,3)4/h8-10,15H,6-7,11-13H2,1-5H3/t15-/m1/s1. The number of carbonyl (C=O) groups excluding carboxylic acids is 1. The summed E-state index contributed by atoms with van der Waals surface area (Å²) in [5.74, 6) is 0.505. The largest absolute Gasteiger partial charge is 0.444 e. The van der Waals surface area contributed by atoms with Crippen molar-refractivity contribution in [2.75, 3.05) is 26.7 Å². The second-order valence-electron chi connectivity index (χ2n) is 7.62. The molecule has 5 heteroatoms. The van der Waals surface area contributed by atoms with Gasteiger partial charge in [-0.3, -0.25) is 9.88 Å². The van der Waals surface area contributed by atoms with Crippen molar-refractivity contribution in [3.63, 3.8) is 0 Å². The fourth-order valence-electron chi connectivity index (χ4n) is 2.97. The molecule has 0 unspecified atom stereocenters. The highest BCUT2D eigenvalue weighted by atomic mass is 16.6. The molecule has 1 amide bonds. The van der Waals surface area contributed by atoms with Gasteiger partial charge in [0.25, 0.3) is 0 Å². The summed E-state index contributed by atoms with van der Waals surface area (Å²) in [6.45, 7) is 11.5. The predicted molar refractivity (Wildman–Crippen MR) is 91.2 cm³/mol. The first-order chi connectivity index (χ1) is 10.7. The van der Waals surface area contributed by atoms with Gasteiger partial charge in [0, 0.05) is 39.1 Å². The summed E-state index contributed by atoms with van der Waals surface area (Å²) in [7, 11) is 1.82. The third-order valence-corrected chi connectivity index (χ3v) is 3.94. The van der Waals surface area contributed by atoms with Gasteiger partial charge >= 0.3 is 6.09 Å². The maximum absolute atomic E-state index is 12.0. The molecular weight excluding hydrogens is 290 g/mol. The van der Waals surface area contributed by atoms with Gasteiger partial charge in [0.15, 0.2) is 0 Å². The second-order valence-corrected chi connectivity index (χ2v) is 7.62. The van der Waals surface area contributed by atoms with Crippen molar-refractivity contribution in [2.45, 2.75) is 46.3 Å². The Morgan fingerprint density at radius 1 is 1.43 bits per heavy atom. The van der Waals surface area contributed by atoms with E-state index in [4.69, 9.17) is 4.74 Å². The van der Waals surface area contributed by atoms with Crippen molar-refractivity contribution in [1.29, 1.82) is 0 Å². The summed E-state index contributed by atoms with van der Waals surface area (Å²) in [5, 5.41) is 0. The molecule has 0 aromatic carbocycles. The van der Waals surface area contributed by atoms with E-state index >= 15 is 0 Å². The molecule has 128 valence electrons. The number of rotatable bonds is 4. The first-order valence-corrected chi connectivity index (χ1v) is 8.30. The maximum Gasteiger partial charge on any atom is 0.410 e. The van der Waals surface area contributed by atoms with Crippen LogP contribution in [0.2, 0.25) is 0 Å². The maximum atomic E-state index is 12.0. The van der Waals surface area contributed by atoms with Crippen LogP contribution < -0.4 is 0 Å². The Bertz CT molecular complexity index is 539. The average Bonchev–Trinajstić information content (AvgIpc) is 2.84. The predicted octanol–water partition coefficient (Wildman–Crippen LogP) is 3.08. The number of ether oxygens (including phenoxy) is 1. The van der Waals surface area contributed by atoms with Crippen LogP contribution >= 0.6 is 0 Å². The first-order valence-electron chi connectivity index (χ1n) is 8.30. The van der Waals surface area contributed by atoms with Crippen LogP contribution in [0.15, 0.2) is 18.5 Å². The highest BCUT2D eigenvalue weighted by Crippen LogP contribution is 2.20. The summed E-state index contributed by atoms with van der Waals surface area (Å²) in [4.78, 5) is 20.4. The van der Waals surface area contributed by atoms with Gasteiger partial charge < -0.3 is 9.64 Å². The van der Waals surface area contributed by atoms with Crippen molar-refractivity contribution >= 4 is 6.09 Å². The number of aryl methyl sites for hydroxylation is 1. The van der Waals surface area contributed by atoms with E-state index in [1.54, 1.807) is 4.90 Å². The van der Waals surface area contributed by atoms with Gasteiger partial charge in [0.2, 0.25) is 0 Å². The monoisotopic (exact) mass is 319 g/mol. The molecule has 5 nitrogen and oxygen atoms in total. The van der Waals surface area contributed by atoms with Crippen molar-refractivity contribution in [3.8, 4) is 0 Å². The smallest absolute Gasteiger partial charge is 0.410 e. The Hall–Kier alpha value is -1.62. The molecule has 2 heterocycles. The van der Waals surface area contributed by atoms with Gasteiger partial charge in [-0.05, 0) is 57.7 Å². The van der Waals surface area contributed by atoms with E-state index in [2.05, 4.69) is 22.9 Å². The highest BCUT2D eigenvalue weighted by Gasteiger charge is 2.27. The molecule has 1 fully saturated rings. The molecule has 0 radical (unpaired) electrons. The van der Waals surface area contributed by atoms with Crippen LogP contribution in [0.1, 0.15) is 38.3 Å². The van der Waals surface area contributed by atoms with Gasteiger partial charge in [-0.25, -0.2) is 4.79 Å². The van der Waals surface area contributed by atoms with E-state index in [-0.39, 0.29) is 6.09 Å². The van der Waals surface area contributed by atoms with E-state index < -0.39 is 5.60 Å². The Kier molecular flexibility index (Phi) is 5.63. The van der Waals surface area contributed by atoms with Crippen molar-refractivity contribution in [1.82, 2.24) is 14.8 Å². The summed E-state index contributed by atoms with van der Waals surface area (Å²) in [6.07, 6.45) is 4.70. The van der Waals surface area contributed by atoms with E-state index in [1.807, 2.05) is 40.2 Å². The second kappa shape index (κ2) is 7.30. The molecule has 0 saturated carbocycles. The normalized spacial score (nSPS) is 18.9. The minimum absolute atomic E-state index is 0.237. The molecule has 0 N–H and O–H groups in total. The Balaban J connectivity index is 1.80. The first kappa shape index (κ1) is 17.7. The lowest BCUT2D eigenvalue weighted by Gasteiger charge is -2.26. The molecule has 0 spiro atoms. The summed E-state index contributed by atoms with van der Waals surface area (Å²) in [5.41, 5.74) is 2.01. The molecule has 0 bridgehead atoms.